The zero-order valence-electron chi connectivity index (χ0n) is 11.8. The van der Waals surface area contributed by atoms with Gasteiger partial charge in [0, 0.05) is 32.2 Å². The lowest BCUT2D eigenvalue weighted by molar-refractivity contribution is -0.135. The highest BCUT2D eigenvalue weighted by molar-refractivity contribution is 5.94. The molecule has 2 fully saturated rings. The van der Waals surface area contributed by atoms with Gasteiger partial charge in [0.2, 0.25) is 5.91 Å². The number of carbonyl (C=O) groups excluding carboxylic acids is 2. The number of piperidine rings is 1. The summed E-state index contributed by atoms with van der Waals surface area (Å²) in [5, 5.41) is 3.08. The quantitative estimate of drug-likeness (QED) is 0.874. The van der Waals surface area contributed by atoms with Crippen LogP contribution in [-0.2, 0) is 4.79 Å². The van der Waals surface area contributed by atoms with Gasteiger partial charge in [-0.05, 0) is 18.9 Å². The Hall–Kier alpha value is -1.53. The Balaban J connectivity index is 0.00000161. The second-order valence-corrected chi connectivity index (χ2v) is 5.32. The van der Waals surface area contributed by atoms with Crippen LogP contribution in [0.15, 0.2) is 23.0 Å². The molecule has 3 rings (SSSR count). The van der Waals surface area contributed by atoms with Crippen LogP contribution in [0.1, 0.15) is 23.2 Å². The fourth-order valence-corrected chi connectivity index (χ4v) is 2.97. The van der Waals surface area contributed by atoms with Gasteiger partial charge in [0.1, 0.15) is 6.26 Å². The van der Waals surface area contributed by atoms with Crippen molar-refractivity contribution in [3.05, 3.63) is 24.2 Å². The fourth-order valence-electron chi connectivity index (χ4n) is 2.97. The third kappa shape index (κ3) is 3.39. The number of nitrogens with one attached hydrogen (secondary N) is 1. The number of amides is 2. The van der Waals surface area contributed by atoms with Crippen molar-refractivity contribution in [2.24, 2.45) is 0 Å². The molecule has 1 unspecified atom stereocenters. The van der Waals surface area contributed by atoms with E-state index in [1.54, 1.807) is 6.07 Å². The molecule has 1 aromatic rings. The summed E-state index contributed by atoms with van der Waals surface area (Å²) < 4.78 is 4.97. The van der Waals surface area contributed by atoms with Crippen molar-refractivity contribution >= 4 is 24.2 Å². The minimum absolute atomic E-state index is 0. The molecular weight excluding hydrogens is 294 g/mol. The van der Waals surface area contributed by atoms with Gasteiger partial charge in [0.25, 0.3) is 5.91 Å². The summed E-state index contributed by atoms with van der Waals surface area (Å²) in [6.45, 7) is 3.35. The molecule has 2 aliphatic heterocycles. The summed E-state index contributed by atoms with van der Waals surface area (Å²) in [6, 6.07) is 1.83. The molecule has 1 atom stereocenters. The molecule has 2 amide bonds. The molecule has 0 spiro atoms. The van der Waals surface area contributed by atoms with Crippen LogP contribution in [0.2, 0.25) is 0 Å². The van der Waals surface area contributed by atoms with E-state index in [0.29, 0.717) is 18.7 Å². The van der Waals surface area contributed by atoms with Crippen molar-refractivity contribution in [3.8, 4) is 0 Å². The van der Waals surface area contributed by atoms with Gasteiger partial charge in [-0.1, -0.05) is 0 Å². The molecule has 1 aromatic heterocycles. The molecule has 0 radical (unpaired) electrons. The van der Waals surface area contributed by atoms with E-state index in [9.17, 15) is 9.59 Å². The van der Waals surface area contributed by atoms with Crippen LogP contribution < -0.4 is 5.32 Å². The summed E-state index contributed by atoms with van der Waals surface area (Å²) in [6.07, 6.45) is 4.89. The highest BCUT2D eigenvalue weighted by atomic mass is 35.5. The van der Waals surface area contributed by atoms with Gasteiger partial charge in [0.05, 0.1) is 18.4 Å². The van der Waals surface area contributed by atoms with Crippen molar-refractivity contribution in [3.63, 3.8) is 0 Å². The average molecular weight is 314 g/mol. The van der Waals surface area contributed by atoms with E-state index in [1.165, 1.54) is 12.5 Å². The number of carbonyl (C=O) groups is 2. The monoisotopic (exact) mass is 313 g/mol. The maximum Gasteiger partial charge on any atom is 0.257 e. The highest BCUT2D eigenvalue weighted by Crippen LogP contribution is 2.19. The van der Waals surface area contributed by atoms with Crippen molar-refractivity contribution in [2.75, 3.05) is 32.7 Å². The predicted molar refractivity (Wildman–Crippen MR) is 79.5 cm³/mol. The first-order valence-electron chi connectivity index (χ1n) is 7.07. The summed E-state index contributed by atoms with van der Waals surface area (Å²) in [5.74, 6) is 0.130. The minimum Gasteiger partial charge on any atom is -0.472 e. The maximum atomic E-state index is 12.3. The van der Waals surface area contributed by atoms with Crippen LogP contribution >= 0.6 is 12.4 Å². The average Bonchev–Trinajstić information content (AvgIpc) is 3.01. The van der Waals surface area contributed by atoms with Crippen molar-refractivity contribution in [2.45, 2.75) is 18.9 Å². The molecule has 116 valence electrons. The van der Waals surface area contributed by atoms with E-state index in [1.807, 2.05) is 9.80 Å². The van der Waals surface area contributed by atoms with E-state index < -0.39 is 0 Å². The van der Waals surface area contributed by atoms with Gasteiger partial charge in [-0.25, -0.2) is 0 Å². The number of halogens is 1. The summed E-state index contributed by atoms with van der Waals surface area (Å²) in [5.41, 5.74) is 0.581. The molecule has 0 saturated carbocycles. The number of furan rings is 1. The SMILES string of the molecule is Cl.O=C(c1ccoc1)N1CCCC(N2CCNCC2=O)C1. The molecule has 7 heteroatoms. The molecule has 3 heterocycles. The second kappa shape index (κ2) is 6.95. The Labute approximate surface area is 129 Å². The van der Waals surface area contributed by atoms with Gasteiger partial charge in [-0.2, -0.15) is 0 Å². The molecule has 0 aromatic carbocycles. The Morgan fingerprint density at radius 3 is 2.95 bits per heavy atom. The van der Waals surface area contributed by atoms with Crippen molar-refractivity contribution in [1.29, 1.82) is 0 Å². The predicted octanol–water partition coefficient (Wildman–Crippen LogP) is 0.738. The topological polar surface area (TPSA) is 65.8 Å². The minimum atomic E-state index is -0.00830. The van der Waals surface area contributed by atoms with Crippen molar-refractivity contribution < 1.29 is 14.0 Å². The summed E-state index contributed by atoms with van der Waals surface area (Å²) in [4.78, 5) is 28.0. The first-order chi connectivity index (χ1) is 9.75. The van der Waals surface area contributed by atoms with Crippen LogP contribution in [0, 0.1) is 0 Å². The van der Waals surface area contributed by atoms with E-state index in [-0.39, 0.29) is 30.3 Å². The molecule has 21 heavy (non-hydrogen) atoms. The molecule has 0 bridgehead atoms. The standard InChI is InChI=1S/C14H19N3O3.ClH/c18-13-8-15-4-6-17(13)12-2-1-5-16(9-12)14(19)11-3-7-20-10-11;/h3,7,10,12,15H,1-2,4-6,8-9H2;1H. The molecule has 2 aliphatic rings. The molecule has 2 saturated heterocycles. The molecule has 1 N–H and O–H groups in total. The van der Waals surface area contributed by atoms with Crippen LogP contribution in [0.3, 0.4) is 0 Å². The number of hydrogen-bond acceptors (Lipinski definition) is 4. The van der Waals surface area contributed by atoms with Gasteiger partial charge in [0.15, 0.2) is 0 Å². The number of piperazine rings is 1. The first kappa shape index (κ1) is 15.9. The van der Waals surface area contributed by atoms with Gasteiger partial charge in [-0.15, -0.1) is 12.4 Å². The number of rotatable bonds is 2. The normalized spacial score (nSPS) is 22.9. The van der Waals surface area contributed by atoms with Crippen LogP contribution in [0.4, 0.5) is 0 Å². The third-order valence-corrected chi connectivity index (χ3v) is 4.02. The zero-order chi connectivity index (χ0) is 13.9. The molecular formula is C14H20ClN3O3. The van der Waals surface area contributed by atoms with Crippen LogP contribution in [0.25, 0.3) is 0 Å². The lowest BCUT2D eigenvalue weighted by atomic mass is 10.0. The first-order valence-corrected chi connectivity index (χ1v) is 7.07. The van der Waals surface area contributed by atoms with Gasteiger partial charge in [-0.3, -0.25) is 9.59 Å². The Kier molecular flexibility index (Phi) is 5.25. The number of nitrogens with zero attached hydrogens (tertiary/aromatic N) is 2. The Bertz CT molecular complexity index is 492. The smallest absolute Gasteiger partial charge is 0.257 e. The highest BCUT2D eigenvalue weighted by Gasteiger charge is 2.32. The fraction of sp³-hybridized carbons (Fsp3) is 0.571. The summed E-state index contributed by atoms with van der Waals surface area (Å²) >= 11 is 0. The zero-order valence-corrected chi connectivity index (χ0v) is 12.6. The van der Waals surface area contributed by atoms with E-state index in [2.05, 4.69) is 5.32 Å². The number of likely N-dealkylation sites (tertiary alicyclic amines) is 1. The molecule has 6 nitrogen and oxygen atoms in total. The largest absolute Gasteiger partial charge is 0.472 e. The molecule has 0 aliphatic carbocycles. The summed E-state index contributed by atoms with van der Waals surface area (Å²) in [7, 11) is 0. The third-order valence-electron chi connectivity index (χ3n) is 4.02. The van der Waals surface area contributed by atoms with Crippen molar-refractivity contribution in [1.82, 2.24) is 15.1 Å². The Morgan fingerprint density at radius 1 is 1.38 bits per heavy atom. The maximum absolute atomic E-state index is 12.3. The van der Waals surface area contributed by atoms with Crippen LogP contribution in [-0.4, -0.2) is 60.4 Å². The second-order valence-electron chi connectivity index (χ2n) is 5.32. The number of hydrogen-bond donors (Lipinski definition) is 1. The van der Waals surface area contributed by atoms with E-state index in [0.717, 1.165) is 32.5 Å². The van der Waals surface area contributed by atoms with E-state index >= 15 is 0 Å². The van der Waals surface area contributed by atoms with Gasteiger partial charge >= 0.3 is 0 Å². The lowest BCUT2D eigenvalue weighted by Gasteiger charge is -2.41. The Morgan fingerprint density at radius 2 is 2.24 bits per heavy atom. The lowest BCUT2D eigenvalue weighted by Crippen LogP contribution is -2.57. The van der Waals surface area contributed by atoms with Gasteiger partial charge < -0.3 is 19.5 Å². The van der Waals surface area contributed by atoms with E-state index in [4.69, 9.17) is 4.42 Å². The van der Waals surface area contributed by atoms with Crippen LogP contribution in [0.5, 0.6) is 0 Å².